The van der Waals surface area contributed by atoms with Crippen LogP contribution in [0.15, 0.2) is 42.9 Å². The van der Waals surface area contributed by atoms with Crippen LogP contribution in [-0.2, 0) is 0 Å². The third-order valence-electron chi connectivity index (χ3n) is 4.65. The SMILES string of the molecule is COc1cccc2c(N[C@H]3C[C@@H](O)[C@@H]3n3cc(C)cn3)nccc12. The first kappa shape index (κ1) is 15.0. The van der Waals surface area contributed by atoms with Gasteiger partial charge in [-0.15, -0.1) is 0 Å². The molecule has 2 aromatic heterocycles. The Morgan fingerprint density at radius 1 is 1.29 bits per heavy atom. The summed E-state index contributed by atoms with van der Waals surface area (Å²) in [5.41, 5.74) is 1.08. The fraction of sp³-hybridized carbons (Fsp3) is 0.333. The van der Waals surface area contributed by atoms with Gasteiger partial charge in [-0.05, 0) is 31.0 Å². The molecule has 1 aliphatic rings. The van der Waals surface area contributed by atoms with Gasteiger partial charge in [0.1, 0.15) is 11.6 Å². The van der Waals surface area contributed by atoms with Crippen molar-refractivity contribution in [3.63, 3.8) is 0 Å². The topological polar surface area (TPSA) is 72.2 Å². The van der Waals surface area contributed by atoms with Crippen LogP contribution in [0.25, 0.3) is 10.8 Å². The smallest absolute Gasteiger partial charge is 0.134 e. The van der Waals surface area contributed by atoms with Crippen molar-refractivity contribution in [3.8, 4) is 5.75 Å². The van der Waals surface area contributed by atoms with Crippen molar-refractivity contribution in [1.29, 1.82) is 0 Å². The molecule has 1 aromatic carbocycles. The molecule has 2 N–H and O–H groups in total. The summed E-state index contributed by atoms with van der Waals surface area (Å²) in [4.78, 5) is 4.48. The Hall–Kier alpha value is -2.60. The molecule has 2 heterocycles. The number of methoxy groups -OCH3 is 1. The number of aliphatic hydroxyl groups excluding tert-OH is 1. The molecule has 3 aromatic rings. The molecule has 6 heteroatoms. The second kappa shape index (κ2) is 5.79. The largest absolute Gasteiger partial charge is 0.496 e. The van der Waals surface area contributed by atoms with E-state index in [9.17, 15) is 5.11 Å². The quantitative estimate of drug-likeness (QED) is 0.771. The number of ether oxygens (including phenoxy) is 1. The number of aryl methyl sites for hydroxylation is 1. The van der Waals surface area contributed by atoms with Crippen molar-refractivity contribution in [2.24, 2.45) is 0 Å². The van der Waals surface area contributed by atoms with Gasteiger partial charge in [0.2, 0.25) is 0 Å². The maximum Gasteiger partial charge on any atom is 0.134 e. The van der Waals surface area contributed by atoms with Crippen LogP contribution in [0.4, 0.5) is 5.82 Å². The van der Waals surface area contributed by atoms with E-state index in [1.54, 1.807) is 13.3 Å². The van der Waals surface area contributed by atoms with E-state index >= 15 is 0 Å². The van der Waals surface area contributed by atoms with Crippen LogP contribution in [-0.4, -0.2) is 39.1 Å². The number of nitrogens with zero attached hydrogens (tertiary/aromatic N) is 3. The number of aromatic nitrogens is 3. The lowest BCUT2D eigenvalue weighted by Gasteiger charge is -2.42. The van der Waals surface area contributed by atoms with Crippen molar-refractivity contribution in [2.75, 3.05) is 12.4 Å². The molecular weight excluding hydrogens is 304 g/mol. The van der Waals surface area contributed by atoms with E-state index in [-0.39, 0.29) is 12.1 Å². The summed E-state index contributed by atoms with van der Waals surface area (Å²) in [6.45, 7) is 2.00. The lowest BCUT2D eigenvalue weighted by Crippen LogP contribution is -2.51. The number of hydrogen-bond donors (Lipinski definition) is 2. The highest BCUT2D eigenvalue weighted by molar-refractivity contribution is 5.95. The van der Waals surface area contributed by atoms with Crippen LogP contribution in [0, 0.1) is 6.92 Å². The van der Waals surface area contributed by atoms with Crippen LogP contribution in [0.5, 0.6) is 5.75 Å². The summed E-state index contributed by atoms with van der Waals surface area (Å²) in [7, 11) is 1.67. The lowest BCUT2D eigenvalue weighted by atomic mass is 9.83. The van der Waals surface area contributed by atoms with Gasteiger partial charge in [0.05, 0.1) is 31.5 Å². The molecule has 0 spiro atoms. The van der Waals surface area contributed by atoms with E-state index in [4.69, 9.17) is 4.74 Å². The second-order valence-corrected chi connectivity index (χ2v) is 6.26. The molecule has 0 saturated heterocycles. The Kier molecular flexibility index (Phi) is 3.61. The molecule has 3 atom stereocenters. The highest BCUT2D eigenvalue weighted by Gasteiger charge is 2.42. The van der Waals surface area contributed by atoms with Gasteiger partial charge in [0.25, 0.3) is 0 Å². The summed E-state index contributed by atoms with van der Waals surface area (Å²) in [5, 5.41) is 20.0. The Morgan fingerprint density at radius 3 is 2.88 bits per heavy atom. The molecule has 4 rings (SSSR count). The third-order valence-corrected chi connectivity index (χ3v) is 4.65. The van der Waals surface area contributed by atoms with Crippen molar-refractivity contribution >= 4 is 16.6 Å². The maximum atomic E-state index is 10.2. The molecule has 0 aliphatic heterocycles. The Labute approximate surface area is 140 Å². The minimum atomic E-state index is -0.397. The van der Waals surface area contributed by atoms with Crippen molar-refractivity contribution in [1.82, 2.24) is 14.8 Å². The lowest BCUT2D eigenvalue weighted by molar-refractivity contribution is 0.0133. The summed E-state index contributed by atoms with van der Waals surface area (Å²) in [5.74, 6) is 1.63. The molecule has 124 valence electrons. The average Bonchev–Trinajstić information content (AvgIpc) is 2.99. The molecule has 6 nitrogen and oxygen atoms in total. The van der Waals surface area contributed by atoms with Crippen molar-refractivity contribution < 1.29 is 9.84 Å². The van der Waals surface area contributed by atoms with Gasteiger partial charge in [-0.3, -0.25) is 4.68 Å². The van der Waals surface area contributed by atoms with E-state index in [1.807, 2.05) is 48.3 Å². The Balaban J connectivity index is 1.65. The predicted molar refractivity (Wildman–Crippen MR) is 92.3 cm³/mol. The predicted octanol–water partition coefficient (Wildman–Crippen LogP) is 2.53. The minimum absolute atomic E-state index is 0.0821. The van der Waals surface area contributed by atoms with Gasteiger partial charge < -0.3 is 15.2 Å². The standard InChI is InChI=1S/C18H20N4O2/c1-11-9-20-22(10-11)17-14(8-15(17)23)21-18-13-4-3-5-16(24-2)12(13)6-7-19-18/h3-7,9-10,14-15,17,23H,8H2,1-2H3,(H,19,21)/t14-,15+,17+/m0/s1. The number of nitrogens with one attached hydrogen (secondary N) is 1. The van der Waals surface area contributed by atoms with E-state index < -0.39 is 6.10 Å². The van der Waals surface area contributed by atoms with E-state index in [0.29, 0.717) is 6.42 Å². The minimum Gasteiger partial charge on any atom is -0.496 e. The number of benzene rings is 1. The van der Waals surface area contributed by atoms with Crippen LogP contribution in [0.2, 0.25) is 0 Å². The molecule has 0 unspecified atom stereocenters. The van der Waals surface area contributed by atoms with Gasteiger partial charge in [0, 0.05) is 23.2 Å². The first-order valence-electron chi connectivity index (χ1n) is 8.04. The number of rotatable bonds is 4. The number of pyridine rings is 1. The van der Waals surface area contributed by atoms with Gasteiger partial charge in [0.15, 0.2) is 0 Å². The van der Waals surface area contributed by atoms with E-state index in [0.717, 1.165) is 27.9 Å². The Bertz CT molecular complexity index is 876. The van der Waals surface area contributed by atoms with Gasteiger partial charge in [-0.1, -0.05) is 12.1 Å². The molecule has 24 heavy (non-hydrogen) atoms. The van der Waals surface area contributed by atoms with Gasteiger partial charge >= 0.3 is 0 Å². The van der Waals surface area contributed by atoms with E-state index in [2.05, 4.69) is 15.4 Å². The molecule has 1 aliphatic carbocycles. The highest BCUT2D eigenvalue weighted by atomic mass is 16.5. The molecule has 0 radical (unpaired) electrons. The molecule has 1 saturated carbocycles. The summed E-state index contributed by atoms with van der Waals surface area (Å²) in [6, 6.07) is 7.87. The zero-order valence-corrected chi connectivity index (χ0v) is 13.7. The van der Waals surface area contributed by atoms with Crippen molar-refractivity contribution in [2.45, 2.75) is 31.5 Å². The first-order valence-corrected chi connectivity index (χ1v) is 8.04. The van der Waals surface area contributed by atoms with Crippen LogP contribution in [0.3, 0.4) is 0 Å². The summed E-state index contributed by atoms with van der Waals surface area (Å²) in [6.07, 6.45) is 5.82. The normalized spacial score (nSPS) is 23.0. The monoisotopic (exact) mass is 324 g/mol. The fourth-order valence-electron chi connectivity index (χ4n) is 3.36. The van der Waals surface area contributed by atoms with Gasteiger partial charge in [-0.2, -0.15) is 5.10 Å². The van der Waals surface area contributed by atoms with E-state index in [1.165, 1.54) is 0 Å². The second-order valence-electron chi connectivity index (χ2n) is 6.26. The van der Waals surface area contributed by atoms with Crippen LogP contribution >= 0.6 is 0 Å². The fourth-order valence-corrected chi connectivity index (χ4v) is 3.36. The number of aliphatic hydroxyl groups is 1. The average molecular weight is 324 g/mol. The number of hydrogen-bond acceptors (Lipinski definition) is 5. The summed E-state index contributed by atoms with van der Waals surface area (Å²) < 4.78 is 7.27. The number of fused-ring (bicyclic) bond motifs is 1. The molecule has 0 amide bonds. The van der Waals surface area contributed by atoms with Crippen molar-refractivity contribution in [3.05, 3.63) is 48.4 Å². The van der Waals surface area contributed by atoms with Gasteiger partial charge in [-0.25, -0.2) is 4.98 Å². The first-order chi connectivity index (χ1) is 11.7. The zero-order chi connectivity index (χ0) is 16.7. The molecule has 1 fully saturated rings. The summed E-state index contributed by atoms with van der Waals surface area (Å²) >= 11 is 0. The number of anilines is 1. The van der Waals surface area contributed by atoms with Crippen LogP contribution in [0.1, 0.15) is 18.0 Å². The maximum absolute atomic E-state index is 10.2. The zero-order valence-electron chi connectivity index (χ0n) is 13.7. The Morgan fingerprint density at radius 2 is 2.17 bits per heavy atom. The third kappa shape index (κ3) is 2.39. The van der Waals surface area contributed by atoms with Crippen LogP contribution < -0.4 is 10.1 Å². The molecular formula is C18H20N4O2. The highest BCUT2D eigenvalue weighted by Crippen LogP contribution is 2.37. The molecule has 0 bridgehead atoms.